The lowest BCUT2D eigenvalue weighted by Gasteiger charge is -2.16. The smallest absolute Gasteiger partial charge is 0.176 e. The minimum atomic E-state index is -0.146. The lowest BCUT2D eigenvalue weighted by molar-refractivity contribution is 0.0993. The van der Waals surface area contributed by atoms with E-state index in [1.165, 1.54) is 0 Å². The molecular formula is C13H17NO2. The number of rotatable bonds is 3. The van der Waals surface area contributed by atoms with Gasteiger partial charge in [0.15, 0.2) is 5.78 Å². The molecule has 0 amide bonds. The van der Waals surface area contributed by atoms with E-state index < -0.39 is 0 Å². The number of likely N-dealkylation sites (N-methyl/N-ethyl adjacent to an activating group) is 1. The van der Waals surface area contributed by atoms with Crippen LogP contribution in [0.1, 0.15) is 29.8 Å². The summed E-state index contributed by atoms with van der Waals surface area (Å²) in [5.74, 6) is 1.03. The molecule has 0 saturated carbocycles. The quantitative estimate of drug-likeness (QED) is 0.788. The summed E-state index contributed by atoms with van der Waals surface area (Å²) in [5.41, 5.74) is 1.74. The molecule has 1 aliphatic rings. The first-order chi connectivity index (χ1) is 7.52. The zero-order valence-electron chi connectivity index (χ0n) is 9.96. The van der Waals surface area contributed by atoms with Gasteiger partial charge in [-0.3, -0.25) is 4.79 Å². The van der Waals surface area contributed by atoms with E-state index in [0.717, 1.165) is 23.3 Å². The first kappa shape index (κ1) is 11.1. The Morgan fingerprint density at radius 3 is 2.94 bits per heavy atom. The van der Waals surface area contributed by atoms with Gasteiger partial charge in [0, 0.05) is 12.0 Å². The molecule has 1 N–H and O–H groups in total. The molecule has 16 heavy (non-hydrogen) atoms. The first-order valence-corrected chi connectivity index (χ1v) is 5.51. The van der Waals surface area contributed by atoms with Crippen LogP contribution in [0.4, 0.5) is 0 Å². The van der Waals surface area contributed by atoms with E-state index in [9.17, 15) is 4.79 Å². The molecule has 1 heterocycles. The number of carbonyl (C=O) groups is 1. The van der Waals surface area contributed by atoms with Crippen LogP contribution < -0.4 is 10.1 Å². The highest BCUT2D eigenvalue weighted by Gasteiger charge is 2.30. The second-order valence-corrected chi connectivity index (χ2v) is 4.81. The van der Waals surface area contributed by atoms with Crippen molar-refractivity contribution in [2.24, 2.45) is 0 Å². The highest BCUT2D eigenvalue weighted by atomic mass is 16.5. The van der Waals surface area contributed by atoms with Gasteiger partial charge in [-0.2, -0.15) is 0 Å². The Balaban J connectivity index is 2.26. The number of ether oxygens (including phenoxy) is 1. The number of ketones is 1. The maximum absolute atomic E-state index is 11.7. The van der Waals surface area contributed by atoms with E-state index in [4.69, 9.17) is 4.74 Å². The van der Waals surface area contributed by atoms with E-state index in [2.05, 4.69) is 19.2 Å². The molecule has 0 radical (unpaired) electrons. The monoisotopic (exact) mass is 219 g/mol. The number of Topliss-reactive ketones (excluding diaryl/α,β-unsaturated/α-hetero) is 1. The Morgan fingerprint density at radius 2 is 2.25 bits per heavy atom. The third-order valence-electron chi connectivity index (χ3n) is 2.72. The van der Waals surface area contributed by atoms with Crippen LogP contribution in [0.15, 0.2) is 18.2 Å². The molecule has 1 aromatic rings. The van der Waals surface area contributed by atoms with E-state index in [1.54, 1.807) is 7.05 Å². The van der Waals surface area contributed by atoms with Crippen molar-refractivity contribution < 1.29 is 9.53 Å². The lowest BCUT2D eigenvalue weighted by Crippen LogP contribution is -2.24. The van der Waals surface area contributed by atoms with Crippen LogP contribution in [-0.4, -0.2) is 25.0 Å². The standard InChI is InChI=1S/C13H17NO2/c1-13(2)7-10-6-9(11(15)8-14-3)4-5-12(10)16-13/h4-6,14H,7-8H2,1-3H3. The molecule has 0 bridgehead atoms. The van der Waals surface area contributed by atoms with Gasteiger partial charge in [-0.25, -0.2) is 0 Å². The van der Waals surface area contributed by atoms with E-state index in [1.807, 2.05) is 18.2 Å². The summed E-state index contributed by atoms with van der Waals surface area (Å²) < 4.78 is 5.76. The Hall–Kier alpha value is -1.35. The van der Waals surface area contributed by atoms with Crippen LogP contribution in [0.3, 0.4) is 0 Å². The molecule has 0 unspecified atom stereocenters. The molecule has 86 valence electrons. The molecule has 1 aliphatic heterocycles. The molecular weight excluding hydrogens is 202 g/mol. The van der Waals surface area contributed by atoms with Crippen LogP contribution in [0, 0.1) is 0 Å². The number of hydrogen-bond acceptors (Lipinski definition) is 3. The van der Waals surface area contributed by atoms with Gasteiger partial charge in [0.25, 0.3) is 0 Å². The van der Waals surface area contributed by atoms with Crippen molar-refractivity contribution in [3.8, 4) is 5.75 Å². The maximum atomic E-state index is 11.7. The average molecular weight is 219 g/mol. The van der Waals surface area contributed by atoms with Gasteiger partial charge in [-0.15, -0.1) is 0 Å². The summed E-state index contributed by atoms with van der Waals surface area (Å²) in [5, 5.41) is 2.87. The highest BCUT2D eigenvalue weighted by Crippen LogP contribution is 2.35. The zero-order chi connectivity index (χ0) is 11.8. The van der Waals surface area contributed by atoms with Crippen LogP contribution in [0.2, 0.25) is 0 Å². The summed E-state index contributed by atoms with van der Waals surface area (Å²) >= 11 is 0. The van der Waals surface area contributed by atoms with Gasteiger partial charge < -0.3 is 10.1 Å². The fraction of sp³-hybridized carbons (Fsp3) is 0.462. The van der Waals surface area contributed by atoms with Crippen molar-refractivity contribution in [2.75, 3.05) is 13.6 Å². The SMILES string of the molecule is CNCC(=O)c1ccc2c(c1)CC(C)(C)O2. The predicted octanol–water partition coefficient (Wildman–Crippen LogP) is 1.80. The van der Waals surface area contributed by atoms with Crippen molar-refractivity contribution in [1.82, 2.24) is 5.32 Å². The molecule has 1 aromatic carbocycles. The second-order valence-electron chi connectivity index (χ2n) is 4.81. The van der Waals surface area contributed by atoms with Gasteiger partial charge in [-0.05, 0) is 44.7 Å². The van der Waals surface area contributed by atoms with Gasteiger partial charge in [-0.1, -0.05) is 0 Å². The third kappa shape index (κ3) is 2.09. The molecule has 2 rings (SSSR count). The van der Waals surface area contributed by atoms with Gasteiger partial charge in [0.2, 0.25) is 0 Å². The lowest BCUT2D eigenvalue weighted by atomic mass is 9.99. The molecule has 0 aliphatic carbocycles. The molecule has 3 nitrogen and oxygen atoms in total. The fourth-order valence-electron chi connectivity index (χ4n) is 2.05. The number of carbonyl (C=O) groups excluding carboxylic acids is 1. The maximum Gasteiger partial charge on any atom is 0.176 e. The Morgan fingerprint density at radius 1 is 1.50 bits per heavy atom. The summed E-state index contributed by atoms with van der Waals surface area (Å²) in [6.07, 6.45) is 0.864. The summed E-state index contributed by atoms with van der Waals surface area (Å²) in [7, 11) is 1.78. The minimum absolute atomic E-state index is 0.120. The highest BCUT2D eigenvalue weighted by molar-refractivity contribution is 5.98. The molecule has 3 heteroatoms. The van der Waals surface area contributed by atoms with Crippen LogP contribution in [-0.2, 0) is 6.42 Å². The average Bonchev–Trinajstić information content (AvgIpc) is 2.50. The minimum Gasteiger partial charge on any atom is -0.487 e. The van der Waals surface area contributed by atoms with E-state index in [-0.39, 0.29) is 11.4 Å². The Labute approximate surface area is 95.8 Å². The summed E-state index contributed by atoms with van der Waals surface area (Å²) in [4.78, 5) is 11.7. The van der Waals surface area contributed by atoms with Crippen LogP contribution in [0.5, 0.6) is 5.75 Å². The molecule has 0 spiro atoms. The number of fused-ring (bicyclic) bond motifs is 1. The third-order valence-corrected chi connectivity index (χ3v) is 2.72. The largest absolute Gasteiger partial charge is 0.487 e. The van der Waals surface area contributed by atoms with Crippen molar-refractivity contribution >= 4 is 5.78 Å². The topological polar surface area (TPSA) is 38.3 Å². The van der Waals surface area contributed by atoms with Gasteiger partial charge in [0.05, 0.1) is 6.54 Å². The van der Waals surface area contributed by atoms with Crippen molar-refractivity contribution in [3.63, 3.8) is 0 Å². The Kier molecular flexibility index (Phi) is 2.72. The second kappa shape index (κ2) is 3.91. The Bertz CT molecular complexity index is 424. The number of benzene rings is 1. The van der Waals surface area contributed by atoms with Crippen molar-refractivity contribution in [2.45, 2.75) is 25.9 Å². The van der Waals surface area contributed by atoms with Crippen LogP contribution >= 0.6 is 0 Å². The van der Waals surface area contributed by atoms with Gasteiger partial charge >= 0.3 is 0 Å². The van der Waals surface area contributed by atoms with Crippen LogP contribution in [0.25, 0.3) is 0 Å². The number of nitrogens with one attached hydrogen (secondary N) is 1. The molecule has 0 saturated heterocycles. The molecule has 0 aromatic heterocycles. The first-order valence-electron chi connectivity index (χ1n) is 5.51. The van der Waals surface area contributed by atoms with Crippen molar-refractivity contribution in [1.29, 1.82) is 0 Å². The summed E-state index contributed by atoms with van der Waals surface area (Å²) in [6, 6.07) is 5.68. The normalized spacial score (nSPS) is 16.7. The molecule has 0 fully saturated rings. The predicted molar refractivity (Wildman–Crippen MR) is 63.1 cm³/mol. The summed E-state index contributed by atoms with van der Waals surface area (Å²) in [6.45, 7) is 4.49. The van der Waals surface area contributed by atoms with Gasteiger partial charge in [0.1, 0.15) is 11.4 Å². The molecule has 0 atom stereocenters. The van der Waals surface area contributed by atoms with Crippen molar-refractivity contribution in [3.05, 3.63) is 29.3 Å². The van der Waals surface area contributed by atoms with E-state index in [0.29, 0.717) is 6.54 Å². The number of hydrogen-bond donors (Lipinski definition) is 1. The fourth-order valence-corrected chi connectivity index (χ4v) is 2.05. The zero-order valence-corrected chi connectivity index (χ0v) is 9.96. The van der Waals surface area contributed by atoms with E-state index >= 15 is 0 Å².